The number of nitrogens with zero attached hydrogens (tertiary/aromatic N) is 2. The Balaban J connectivity index is 1.77. The molecule has 1 aromatic rings. The highest BCUT2D eigenvalue weighted by Crippen LogP contribution is 2.33. The Morgan fingerprint density at radius 2 is 1.83 bits per heavy atom. The van der Waals surface area contributed by atoms with E-state index in [1.165, 1.54) is 0 Å². The molecular weight excluding hydrogens is 292 g/mol. The second-order valence-electron chi connectivity index (χ2n) is 6.61. The highest BCUT2D eigenvalue weighted by Gasteiger charge is 2.34. The molecule has 0 aromatic heterocycles. The lowest BCUT2D eigenvalue weighted by molar-refractivity contribution is -0.119. The van der Waals surface area contributed by atoms with Crippen LogP contribution in [0.2, 0.25) is 0 Å². The number of amides is 2. The van der Waals surface area contributed by atoms with Crippen molar-refractivity contribution < 1.29 is 14.7 Å². The summed E-state index contributed by atoms with van der Waals surface area (Å²) in [7, 11) is 1.75. The van der Waals surface area contributed by atoms with Gasteiger partial charge in [-0.2, -0.15) is 0 Å². The fraction of sp³-hybridized carbons (Fsp3) is 0.556. The molecule has 5 heteroatoms. The number of carbonyl (C=O) groups is 2. The fourth-order valence-electron chi connectivity index (χ4n) is 3.16. The number of aliphatic hydroxyl groups is 1. The first kappa shape index (κ1) is 16.0. The number of carbonyl (C=O) groups excluding carboxylic acids is 2. The molecule has 1 heterocycles. The summed E-state index contributed by atoms with van der Waals surface area (Å²) in [6.45, 7) is 1.52. The third-order valence-corrected chi connectivity index (χ3v) is 4.91. The summed E-state index contributed by atoms with van der Waals surface area (Å²) in [6, 6.07) is 7.34. The first-order valence-electron chi connectivity index (χ1n) is 8.38. The third kappa shape index (κ3) is 3.39. The van der Waals surface area contributed by atoms with Gasteiger partial charge in [-0.3, -0.25) is 9.59 Å². The molecule has 124 valence electrons. The Kier molecular flexibility index (Phi) is 4.66. The van der Waals surface area contributed by atoms with Crippen LogP contribution in [0.25, 0.3) is 0 Å². The number of para-hydroxylation sites is 1. The van der Waals surface area contributed by atoms with Crippen LogP contribution in [0.4, 0.5) is 5.69 Å². The molecule has 1 aliphatic heterocycles. The van der Waals surface area contributed by atoms with Crippen molar-refractivity contribution in [1.29, 1.82) is 0 Å². The van der Waals surface area contributed by atoms with E-state index >= 15 is 0 Å². The molecule has 23 heavy (non-hydrogen) atoms. The Hall–Kier alpha value is -1.88. The minimum atomic E-state index is -0.0209. The summed E-state index contributed by atoms with van der Waals surface area (Å²) >= 11 is 0. The smallest absolute Gasteiger partial charge is 0.255 e. The summed E-state index contributed by atoms with van der Waals surface area (Å²) in [5.74, 6) is 0.508. The lowest BCUT2D eigenvalue weighted by Gasteiger charge is -2.32. The Morgan fingerprint density at radius 3 is 2.43 bits per heavy atom. The molecule has 1 N–H and O–H groups in total. The largest absolute Gasteiger partial charge is 0.396 e. The number of likely N-dealkylation sites (tertiary alicyclic amines) is 1. The van der Waals surface area contributed by atoms with Crippen molar-refractivity contribution >= 4 is 17.5 Å². The molecule has 2 aliphatic rings. The van der Waals surface area contributed by atoms with Crippen LogP contribution in [-0.4, -0.2) is 48.6 Å². The highest BCUT2D eigenvalue weighted by molar-refractivity contribution is 6.05. The normalized spacial score (nSPS) is 18.8. The third-order valence-electron chi connectivity index (χ3n) is 4.91. The molecule has 1 aromatic carbocycles. The van der Waals surface area contributed by atoms with Crippen molar-refractivity contribution in [3.63, 3.8) is 0 Å². The predicted molar refractivity (Wildman–Crippen MR) is 88.3 cm³/mol. The van der Waals surface area contributed by atoms with Crippen molar-refractivity contribution in [2.24, 2.45) is 11.8 Å². The van der Waals surface area contributed by atoms with Crippen LogP contribution in [0, 0.1) is 11.8 Å². The quantitative estimate of drug-likeness (QED) is 0.923. The van der Waals surface area contributed by atoms with E-state index in [9.17, 15) is 14.7 Å². The van der Waals surface area contributed by atoms with E-state index in [4.69, 9.17) is 0 Å². The van der Waals surface area contributed by atoms with Crippen LogP contribution in [0.15, 0.2) is 24.3 Å². The van der Waals surface area contributed by atoms with E-state index < -0.39 is 0 Å². The van der Waals surface area contributed by atoms with Gasteiger partial charge in [-0.25, -0.2) is 0 Å². The number of aliphatic hydroxyl groups excluding tert-OH is 1. The zero-order chi connectivity index (χ0) is 16.4. The van der Waals surface area contributed by atoms with E-state index in [-0.39, 0.29) is 24.3 Å². The lowest BCUT2D eigenvalue weighted by atomic mass is 9.97. The molecule has 2 fully saturated rings. The number of piperidine rings is 1. The molecule has 0 radical (unpaired) electrons. The molecule has 2 amide bonds. The molecule has 1 saturated carbocycles. The molecule has 0 unspecified atom stereocenters. The van der Waals surface area contributed by atoms with Crippen LogP contribution < -0.4 is 4.90 Å². The van der Waals surface area contributed by atoms with E-state index in [2.05, 4.69) is 0 Å². The number of benzene rings is 1. The zero-order valence-corrected chi connectivity index (χ0v) is 13.6. The molecule has 0 spiro atoms. The minimum absolute atomic E-state index is 0.0209. The molecule has 0 bridgehead atoms. The van der Waals surface area contributed by atoms with Gasteiger partial charge < -0.3 is 14.9 Å². The predicted octanol–water partition coefficient (Wildman–Crippen LogP) is 1.90. The van der Waals surface area contributed by atoms with Crippen LogP contribution in [0.1, 0.15) is 36.0 Å². The molecule has 3 rings (SSSR count). The van der Waals surface area contributed by atoms with Gasteiger partial charge in [0.2, 0.25) is 5.91 Å². The van der Waals surface area contributed by atoms with Crippen molar-refractivity contribution in [3.8, 4) is 0 Å². The van der Waals surface area contributed by atoms with Gasteiger partial charge in [-0.05, 0) is 43.7 Å². The number of rotatable bonds is 4. The van der Waals surface area contributed by atoms with Crippen molar-refractivity contribution in [3.05, 3.63) is 29.8 Å². The average molecular weight is 316 g/mol. The lowest BCUT2D eigenvalue weighted by Crippen LogP contribution is -2.40. The van der Waals surface area contributed by atoms with E-state index in [0.29, 0.717) is 30.3 Å². The van der Waals surface area contributed by atoms with Gasteiger partial charge in [0.15, 0.2) is 0 Å². The maximum absolute atomic E-state index is 12.9. The molecule has 0 atom stereocenters. The topological polar surface area (TPSA) is 60.9 Å². The van der Waals surface area contributed by atoms with Gasteiger partial charge in [0.05, 0.1) is 11.3 Å². The number of anilines is 1. The van der Waals surface area contributed by atoms with Gasteiger partial charge in [0.25, 0.3) is 5.91 Å². The van der Waals surface area contributed by atoms with E-state index in [1.807, 2.05) is 23.1 Å². The Labute approximate surface area is 136 Å². The number of hydrogen-bond donors (Lipinski definition) is 1. The standard InChI is InChI=1S/C18H24N2O3/c1-19(17(22)14-6-7-14)16-5-3-2-4-15(16)18(23)20-10-8-13(12-21)9-11-20/h2-5,13-14,21H,6-12H2,1H3. The van der Waals surface area contributed by atoms with Crippen LogP contribution in [-0.2, 0) is 4.79 Å². The zero-order valence-electron chi connectivity index (χ0n) is 13.6. The van der Waals surface area contributed by atoms with Gasteiger partial charge in [0.1, 0.15) is 0 Å². The second-order valence-corrected chi connectivity index (χ2v) is 6.61. The molecular formula is C18H24N2O3. The second kappa shape index (κ2) is 6.71. The van der Waals surface area contributed by atoms with E-state index in [0.717, 1.165) is 25.7 Å². The number of hydrogen-bond acceptors (Lipinski definition) is 3. The molecule has 1 aliphatic carbocycles. The molecule has 5 nitrogen and oxygen atoms in total. The average Bonchev–Trinajstić information content (AvgIpc) is 3.45. The highest BCUT2D eigenvalue weighted by atomic mass is 16.3. The van der Waals surface area contributed by atoms with Crippen LogP contribution in [0.3, 0.4) is 0 Å². The van der Waals surface area contributed by atoms with Gasteiger partial charge >= 0.3 is 0 Å². The van der Waals surface area contributed by atoms with Gasteiger partial charge in [0, 0.05) is 32.7 Å². The SMILES string of the molecule is CN(C(=O)C1CC1)c1ccccc1C(=O)N1CCC(CO)CC1. The monoisotopic (exact) mass is 316 g/mol. The molecule has 1 saturated heterocycles. The van der Waals surface area contributed by atoms with Gasteiger partial charge in [-0.15, -0.1) is 0 Å². The van der Waals surface area contributed by atoms with E-state index in [1.54, 1.807) is 18.0 Å². The van der Waals surface area contributed by atoms with Crippen LogP contribution >= 0.6 is 0 Å². The summed E-state index contributed by atoms with van der Waals surface area (Å²) in [5.41, 5.74) is 1.28. The first-order chi connectivity index (χ1) is 11.1. The van der Waals surface area contributed by atoms with Crippen molar-refractivity contribution in [1.82, 2.24) is 4.90 Å². The Morgan fingerprint density at radius 1 is 1.17 bits per heavy atom. The summed E-state index contributed by atoms with van der Waals surface area (Å²) < 4.78 is 0. The maximum Gasteiger partial charge on any atom is 0.255 e. The van der Waals surface area contributed by atoms with Crippen molar-refractivity contribution in [2.75, 3.05) is 31.6 Å². The Bertz CT molecular complexity index is 590. The maximum atomic E-state index is 12.9. The first-order valence-corrected chi connectivity index (χ1v) is 8.38. The summed E-state index contributed by atoms with van der Waals surface area (Å²) in [6.07, 6.45) is 3.57. The van der Waals surface area contributed by atoms with Gasteiger partial charge in [-0.1, -0.05) is 12.1 Å². The summed E-state index contributed by atoms with van der Waals surface area (Å²) in [5, 5.41) is 9.22. The van der Waals surface area contributed by atoms with Crippen molar-refractivity contribution in [2.45, 2.75) is 25.7 Å². The summed E-state index contributed by atoms with van der Waals surface area (Å²) in [4.78, 5) is 28.6. The van der Waals surface area contributed by atoms with Crippen LogP contribution in [0.5, 0.6) is 0 Å². The minimum Gasteiger partial charge on any atom is -0.396 e. The fourth-order valence-corrected chi connectivity index (χ4v) is 3.16.